The highest BCUT2D eigenvalue weighted by Gasteiger charge is 2.27. The lowest BCUT2D eigenvalue weighted by Gasteiger charge is -2.24. The Morgan fingerprint density at radius 2 is 1.97 bits per heavy atom. The van der Waals surface area contributed by atoms with Gasteiger partial charge in [0.15, 0.2) is 5.82 Å². The van der Waals surface area contributed by atoms with E-state index >= 15 is 0 Å². The first-order chi connectivity index (χ1) is 16.7. The Bertz CT molecular complexity index is 1210. The number of ether oxygens (including phenoxy) is 2. The Labute approximate surface area is 202 Å². The Balaban J connectivity index is 1.70. The topological polar surface area (TPSA) is 114 Å². The number of nitrogens with one attached hydrogen (secondary N) is 2. The lowest BCUT2D eigenvalue weighted by Crippen LogP contribution is -2.38. The third kappa shape index (κ3) is 5.39. The smallest absolute Gasteiger partial charge is 0.328 e. The van der Waals surface area contributed by atoms with Crippen molar-refractivity contribution in [3.63, 3.8) is 0 Å². The second kappa shape index (κ2) is 9.69. The number of rotatable bonds is 5. The maximum atomic E-state index is 14.5. The zero-order valence-electron chi connectivity index (χ0n) is 20.3. The normalized spacial score (nSPS) is 15.5. The maximum absolute atomic E-state index is 14.5. The molecule has 1 atom stereocenters. The fraction of sp³-hybridized carbons (Fsp3) is 0.375. The van der Waals surface area contributed by atoms with E-state index in [0.29, 0.717) is 41.4 Å². The van der Waals surface area contributed by atoms with Crippen LogP contribution < -0.4 is 25.0 Å². The zero-order valence-corrected chi connectivity index (χ0v) is 20.3. The Morgan fingerprint density at radius 1 is 1.17 bits per heavy atom. The predicted molar refractivity (Wildman–Crippen MR) is 131 cm³/mol. The first kappa shape index (κ1) is 24.1. The van der Waals surface area contributed by atoms with Crippen LogP contribution in [-0.2, 0) is 5.67 Å². The number of carbonyl (C=O) groups is 1. The van der Waals surface area contributed by atoms with Gasteiger partial charge in [-0.25, -0.2) is 14.2 Å². The first-order valence-electron chi connectivity index (χ1n) is 11.1. The number of pyridine rings is 2. The van der Waals surface area contributed by atoms with Crippen LogP contribution in [-0.4, -0.2) is 53.3 Å². The lowest BCUT2D eigenvalue weighted by molar-refractivity contribution is 0.221. The number of carbonyl (C=O) groups excluding carboxylic acids is 1. The van der Waals surface area contributed by atoms with Gasteiger partial charge in [0.1, 0.15) is 11.5 Å². The van der Waals surface area contributed by atoms with Crippen molar-refractivity contribution in [1.29, 1.82) is 0 Å². The number of fused-ring (bicyclic) bond motifs is 1. The molecule has 0 bridgehead atoms. The number of aromatic nitrogens is 4. The quantitative estimate of drug-likeness (QED) is 0.556. The van der Waals surface area contributed by atoms with E-state index in [-0.39, 0.29) is 23.6 Å². The van der Waals surface area contributed by atoms with Gasteiger partial charge < -0.3 is 14.8 Å². The molecule has 0 saturated carbocycles. The monoisotopic (exact) mass is 481 g/mol. The molecule has 3 aromatic heterocycles. The molecular weight excluding hydrogens is 453 g/mol. The van der Waals surface area contributed by atoms with Crippen molar-refractivity contribution >= 4 is 23.4 Å². The summed E-state index contributed by atoms with van der Waals surface area (Å²) >= 11 is 0. The number of hydrogen-bond acceptors (Lipinski definition) is 8. The van der Waals surface area contributed by atoms with Crippen LogP contribution in [0, 0.1) is 5.92 Å². The Kier molecular flexibility index (Phi) is 6.68. The third-order valence-corrected chi connectivity index (χ3v) is 5.54. The molecule has 10 nitrogen and oxygen atoms in total. The van der Waals surface area contributed by atoms with Crippen molar-refractivity contribution < 1.29 is 18.7 Å². The van der Waals surface area contributed by atoms with Crippen molar-refractivity contribution in [2.24, 2.45) is 5.92 Å². The van der Waals surface area contributed by atoms with Gasteiger partial charge in [-0.3, -0.25) is 15.2 Å². The molecule has 2 amide bonds. The SMILES string of the molecule is COc1cc(NC(=O)N2C[C@H](C)CNc3ccc(-c4cncc(C(C)(C)F)c4)nc32)nc(OC)n1. The van der Waals surface area contributed by atoms with Gasteiger partial charge in [-0.15, -0.1) is 0 Å². The van der Waals surface area contributed by atoms with Gasteiger partial charge in [-0.05, 0) is 38.0 Å². The molecule has 1 aliphatic heterocycles. The molecule has 35 heavy (non-hydrogen) atoms. The van der Waals surface area contributed by atoms with Gasteiger partial charge in [0.05, 0.1) is 25.6 Å². The van der Waals surface area contributed by atoms with Crippen LogP contribution in [0.5, 0.6) is 11.9 Å². The summed E-state index contributed by atoms with van der Waals surface area (Å²) in [6, 6.07) is 6.55. The highest BCUT2D eigenvalue weighted by molar-refractivity contribution is 6.03. The van der Waals surface area contributed by atoms with E-state index in [4.69, 9.17) is 14.5 Å². The minimum Gasteiger partial charge on any atom is -0.481 e. The summed E-state index contributed by atoms with van der Waals surface area (Å²) < 4.78 is 24.8. The third-order valence-electron chi connectivity index (χ3n) is 5.54. The Morgan fingerprint density at radius 3 is 2.69 bits per heavy atom. The fourth-order valence-corrected chi connectivity index (χ4v) is 3.62. The molecule has 4 heterocycles. The van der Waals surface area contributed by atoms with E-state index in [9.17, 15) is 9.18 Å². The van der Waals surface area contributed by atoms with Gasteiger partial charge >= 0.3 is 12.0 Å². The van der Waals surface area contributed by atoms with Crippen molar-refractivity contribution in [3.8, 4) is 23.1 Å². The van der Waals surface area contributed by atoms with Gasteiger partial charge in [0.2, 0.25) is 5.88 Å². The minimum atomic E-state index is -1.54. The average molecular weight is 482 g/mol. The molecule has 11 heteroatoms. The largest absolute Gasteiger partial charge is 0.481 e. The number of halogens is 1. The molecule has 0 unspecified atom stereocenters. The molecule has 0 aliphatic carbocycles. The number of amides is 2. The molecule has 1 aliphatic rings. The van der Waals surface area contributed by atoms with Crippen LogP contribution in [0.1, 0.15) is 26.3 Å². The number of methoxy groups -OCH3 is 2. The molecule has 184 valence electrons. The molecule has 0 radical (unpaired) electrons. The summed E-state index contributed by atoms with van der Waals surface area (Å²) in [6.07, 6.45) is 3.13. The van der Waals surface area contributed by atoms with E-state index in [2.05, 4.69) is 25.6 Å². The number of hydrogen-bond donors (Lipinski definition) is 2. The molecule has 0 spiro atoms. The summed E-state index contributed by atoms with van der Waals surface area (Å²) in [6.45, 7) is 6.07. The summed E-state index contributed by atoms with van der Waals surface area (Å²) in [5.74, 6) is 1.07. The first-order valence-corrected chi connectivity index (χ1v) is 11.1. The molecule has 0 fully saturated rings. The van der Waals surface area contributed by atoms with Gasteiger partial charge in [0, 0.05) is 42.7 Å². The average Bonchev–Trinajstić information content (AvgIpc) is 3.01. The molecular formula is C24H28FN7O3. The minimum absolute atomic E-state index is 0.0644. The van der Waals surface area contributed by atoms with Crippen LogP contribution in [0.2, 0.25) is 0 Å². The van der Waals surface area contributed by atoms with Crippen LogP contribution in [0.25, 0.3) is 11.3 Å². The van der Waals surface area contributed by atoms with Gasteiger partial charge in [-0.2, -0.15) is 9.97 Å². The van der Waals surface area contributed by atoms with E-state index in [1.165, 1.54) is 40.3 Å². The van der Waals surface area contributed by atoms with E-state index in [1.54, 1.807) is 17.2 Å². The highest BCUT2D eigenvalue weighted by Crippen LogP contribution is 2.33. The predicted octanol–water partition coefficient (Wildman–Crippen LogP) is 4.26. The number of alkyl halides is 1. The fourth-order valence-electron chi connectivity index (χ4n) is 3.62. The van der Waals surface area contributed by atoms with Crippen molar-refractivity contribution in [1.82, 2.24) is 19.9 Å². The lowest BCUT2D eigenvalue weighted by atomic mass is 10.00. The number of nitrogens with zero attached hydrogens (tertiary/aromatic N) is 5. The number of urea groups is 1. The van der Waals surface area contributed by atoms with Gasteiger partial charge in [0.25, 0.3) is 0 Å². The summed E-state index contributed by atoms with van der Waals surface area (Å²) in [7, 11) is 2.89. The van der Waals surface area contributed by atoms with E-state index < -0.39 is 11.7 Å². The van der Waals surface area contributed by atoms with E-state index in [0.717, 1.165) is 0 Å². The second-order valence-corrected chi connectivity index (χ2v) is 8.81. The summed E-state index contributed by atoms with van der Waals surface area (Å²) in [5, 5.41) is 6.13. The van der Waals surface area contributed by atoms with Crippen molar-refractivity contribution in [2.75, 3.05) is 42.8 Å². The summed E-state index contributed by atoms with van der Waals surface area (Å²) in [5.41, 5.74) is 0.832. The van der Waals surface area contributed by atoms with E-state index in [1.807, 2.05) is 19.1 Å². The highest BCUT2D eigenvalue weighted by atomic mass is 19.1. The second-order valence-electron chi connectivity index (χ2n) is 8.81. The van der Waals surface area contributed by atoms with Gasteiger partial charge in [-0.1, -0.05) is 6.92 Å². The van der Waals surface area contributed by atoms with Crippen molar-refractivity contribution in [2.45, 2.75) is 26.4 Å². The molecule has 0 aromatic carbocycles. The van der Waals surface area contributed by atoms with Crippen LogP contribution in [0.4, 0.5) is 26.5 Å². The maximum Gasteiger partial charge on any atom is 0.328 e. The standard InChI is InChI=1S/C24H28FN7O3/c1-14-10-27-18-7-6-17(15-8-16(12-26-11-15)24(2,3)25)28-21(18)32(13-14)23(33)30-19-9-20(34-4)31-22(29-19)35-5/h6-9,11-12,14,27H,10,13H2,1-5H3,(H,29,30,31,33)/t14-/m1/s1. The molecule has 0 saturated heterocycles. The molecule has 2 N–H and O–H groups in total. The molecule has 4 rings (SSSR count). The van der Waals surface area contributed by atoms with Crippen LogP contribution in [0.3, 0.4) is 0 Å². The Hall–Kier alpha value is -4.02. The van der Waals surface area contributed by atoms with Crippen LogP contribution in [0.15, 0.2) is 36.7 Å². The summed E-state index contributed by atoms with van der Waals surface area (Å²) in [4.78, 5) is 32.1. The zero-order chi connectivity index (χ0) is 25.2. The number of anilines is 3. The van der Waals surface area contributed by atoms with Crippen LogP contribution >= 0.6 is 0 Å². The van der Waals surface area contributed by atoms with Crippen molar-refractivity contribution in [3.05, 3.63) is 42.2 Å². The molecule has 3 aromatic rings.